The van der Waals surface area contributed by atoms with E-state index in [-0.39, 0.29) is 11.8 Å². The van der Waals surface area contributed by atoms with E-state index >= 15 is 0 Å². The Balaban J connectivity index is 1.36. The monoisotopic (exact) mass is 395 g/mol. The first-order chi connectivity index (χ1) is 14.1. The van der Waals surface area contributed by atoms with Crippen LogP contribution in [0.2, 0.25) is 0 Å². The molecule has 154 valence electrons. The second-order valence-corrected chi connectivity index (χ2v) is 7.91. The summed E-state index contributed by atoms with van der Waals surface area (Å²) in [5.74, 6) is 1.74. The van der Waals surface area contributed by atoms with Crippen molar-refractivity contribution in [2.24, 2.45) is 5.92 Å². The number of rotatable bonds is 4. The lowest BCUT2D eigenvalue weighted by Gasteiger charge is -2.30. The number of amides is 1. The Morgan fingerprint density at radius 2 is 2.10 bits per heavy atom. The molecule has 29 heavy (non-hydrogen) atoms. The molecule has 1 aromatic carbocycles. The Bertz CT molecular complexity index is 870. The summed E-state index contributed by atoms with van der Waals surface area (Å²) in [6.07, 6.45) is 1.69. The van der Waals surface area contributed by atoms with Gasteiger partial charge in [0.1, 0.15) is 18.1 Å². The highest BCUT2D eigenvalue weighted by Gasteiger charge is 2.30. The molecule has 2 aliphatic heterocycles. The van der Waals surface area contributed by atoms with E-state index < -0.39 is 0 Å². The van der Waals surface area contributed by atoms with Crippen molar-refractivity contribution in [1.82, 2.24) is 14.8 Å². The maximum absolute atomic E-state index is 13.2. The smallest absolute Gasteiger partial charge is 0.229 e. The normalized spacial score (nSPS) is 19.8. The Morgan fingerprint density at radius 1 is 1.21 bits per heavy atom. The van der Waals surface area contributed by atoms with Crippen LogP contribution in [0.25, 0.3) is 0 Å². The Labute approximate surface area is 172 Å². The standard InChI is InChI=1S/C23H29N3O3/c1-17-5-3-6-20(24-17)15-25-9-4-10-26(12-11-25)23(27)19-13-18-14-21(28-2)7-8-22(18)29-16-19/h3,5-8,14,19H,4,9-13,15-16H2,1-2H3/t19-/m1/s1. The highest BCUT2D eigenvalue weighted by Crippen LogP contribution is 2.31. The number of aryl methyl sites for hydroxylation is 1. The van der Waals surface area contributed by atoms with Gasteiger partial charge in [-0.15, -0.1) is 0 Å². The minimum Gasteiger partial charge on any atom is -0.497 e. The van der Waals surface area contributed by atoms with Crippen molar-refractivity contribution in [3.05, 3.63) is 53.3 Å². The number of hydrogen-bond donors (Lipinski definition) is 0. The van der Waals surface area contributed by atoms with Crippen molar-refractivity contribution in [3.8, 4) is 11.5 Å². The summed E-state index contributed by atoms with van der Waals surface area (Å²) < 4.78 is 11.2. The SMILES string of the molecule is COc1ccc2c(c1)C[C@@H](C(=O)N1CCCN(Cc3cccc(C)n3)CC1)CO2. The van der Waals surface area contributed by atoms with Gasteiger partial charge in [-0.3, -0.25) is 14.7 Å². The Morgan fingerprint density at radius 3 is 2.93 bits per heavy atom. The van der Waals surface area contributed by atoms with Crippen LogP contribution in [0.3, 0.4) is 0 Å². The van der Waals surface area contributed by atoms with Gasteiger partial charge in [-0.1, -0.05) is 6.07 Å². The van der Waals surface area contributed by atoms with E-state index in [2.05, 4.69) is 22.0 Å². The van der Waals surface area contributed by atoms with Gasteiger partial charge in [0.2, 0.25) is 5.91 Å². The molecule has 0 spiro atoms. The van der Waals surface area contributed by atoms with Gasteiger partial charge in [0.05, 0.1) is 18.7 Å². The number of benzene rings is 1. The summed E-state index contributed by atoms with van der Waals surface area (Å²) in [6.45, 7) is 6.73. The van der Waals surface area contributed by atoms with E-state index in [4.69, 9.17) is 9.47 Å². The summed E-state index contributed by atoms with van der Waals surface area (Å²) in [5, 5.41) is 0. The van der Waals surface area contributed by atoms with Crippen LogP contribution < -0.4 is 9.47 Å². The molecule has 6 heteroatoms. The van der Waals surface area contributed by atoms with E-state index in [1.165, 1.54) is 0 Å². The first kappa shape index (κ1) is 19.7. The van der Waals surface area contributed by atoms with Crippen LogP contribution in [0.5, 0.6) is 11.5 Å². The molecule has 2 aliphatic rings. The molecule has 0 N–H and O–H groups in total. The first-order valence-corrected chi connectivity index (χ1v) is 10.4. The van der Waals surface area contributed by atoms with Gasteiger partial charge in [0, 0.05) is 38.4 Å². The number of nitrogens with zero attached hydrogens (tertiary/aromatic N) is 3. The highest BCUT2D eigenvalue weighted by atomic mass is 16.5. The predicted octanol–water partition coefficient (Wildman–Crippen LogP) is 2.68. The van der Waals surface area contributed by atoms with Crippen molar-refractivity contribution in [3.63, 3.8) is 0 Å². The zero-order valence-electron chi connectivity index (χ0n) is 17.3. The number of fused-ring (bicyclic) bond motifs is 1. The van der Waals surface area contributed by atoms with Crippen molar-refractivity contribution >= 4 is 5.91 Å². The Kier molecular flexibility index (Phi) is 6.00. The molecular formula is C23H29N3O3. The number of carbonyl (C=O) groups excluding carboxylic acids is 1. The number of carbonyl (C=O) groups is 1. The zero-order valence-corrected chi connectivity index (χ0v) is 17.3. The Hall–Kier alpha value is -2.60. The van der Waals surface area contributed by atoms with E-state index in [0.717, 1.165) is 67.6 Å². The highest BCUT2D eigenvalue weighted by molar-refractivity contribution is 5.80. The molecule has 1 saturated heterocycles. The molecule has 0 saturated carbocycles. The number of ether oxygens (including phenoxy) is 2. The molecule has 6 nitrogen and oxygen atoms in total. The predicted molar refractivity (Wildman–Crippen MR) is 111 cm³/mol. The van der Waals surface area contributed by atoms with E-state index in [1.54, 1.807) is 7.11 Å². The summed E-state index contributed by atoms with van der Waals surface area (Å²) in [5.41, 5.74) is 3.19. The summed E-state index contributed by atoms with van der Waals surface area (Å²) in [7, 11) is 1.66. The first-order valence-electron chi connectivity index (χ1n) is 10.4. The van der Waals surface area contributed by atoms with Crippen LogP contribution in [0.15, 0.2) is 36.4 Å². The van der Waals surface area contributed by atoms with Gasteiger partial charge >= 0.3 is 0 Å². The third-order valence-electron chi connectivity index (χ3n) is 5.76. The van der Waals surface area contributed by atoms with Crippen molar-refractivity contribution in [2.75, 3.05) is 39.9 Å². The quantitative estimate of drug-likeness (QED) is 0.797. The van der Waals surface area contributed by atoms with E-state index in [0.29, 0.717) is 13.0 Å². The van der Waals surface area contributed by atoms with Crippen LogP contribution in [0.4, 0.5) is 0 Å². The van der Waals surface area contributed by atoms with Gasteiger partial charge < -0.3 is 14.4 Å². The van der Waals surface area contributed by atoms with E-state index in [1.807, 2.05) is 36.1 Å². The lowest BCUT2D eigenvalue weighted by atomic mass is 9.95. The van der Waals surface area contributed by atoms with Gasteiger partial charge in [0.15, 0.2) is 0 Å². The fraction of sp³-hybridized carbons (Fsp3) is 0.478. The van der Waals surface area contributed by atoms with Gasteiger partial charge in [-0.25, -0.2) is 0 Å². The molecule has 0 aliphatic carbocycles. The topological polar surface area (TPSA) is 54.9 Å². The summed E-state index contributed by atoms with van der Waals surface area (Å²) in [4.78, 5) is 22.2. The van der Waals surface area contributed by atoms with Crippen molar-refractivity contribution in [2.45, 2.75) is 26.3 Å². The zero-order chi connectivity index (χ0) is 20.2. The summed E-state index contributed by atoms with van der Waals surface area (Å²) >= 11 is 0. The molecule has 2 aromatic rings. The van der Waals surface area contributed by atoms with Crippen LogP contribution in [-0.4, -0.2) is 60.6 Å². The minimum absolute atomic E-state index is 0.125. The number of pyridine rings is 1. The van der Waals surface area contributed by atoms with Gasteiger partial charge in [0.25, 0.3) is 0 Å². The molecule has 1 amide bonds. The van der Waals surface area contributed by atoms with Gasteiger partial charge in [-0.2, -0.15) is 0 Å². The van der Waals surface area contributed by atoms with Crippen LogP contribution in [0, 0.1) is 12.8 Å². The third kappa shape index (κ3) is 4.70. The van der Waals surface area contributed by atoms with Gasteiger partial charge in [-0.05, 0) is 55.7 Å². The largest absolute Gasteiger partial charge is 0.497 e. The lowest BCUT2D eigenvalue weighted by Crippen LogP contribution is -2.42. The molecule has 1 aromatic heterocycles. The van der Waals surface area contributed by atoms with Crippen molar-refractivity contribution < 1.29 is 14.3 Å². The fourth-order valence-corrected chi connectivity index (χ4v) is 4.18. The molecule has 0 radical (unpaired) electrons. The summed E-state index contributed by atoms with van der Waals surface area (Å²) in [6, 6.07) is 12.0. The number of aromatic nitrogens is 1. The third-order valence-corrected chi connectivity index (χ3v) is 5.76. The average Bonchev–Trinajstić information content (AvgIpc) is 2.98. The van der Waals surface area contributed by atoms with Crippen LogP contribution in [0.1, 0.15) is 23.4 Å². The molecule has 3 heterocycles. The number of methoxy groups -OCH3 is 1. The average molecular weight is 396 g/mol. The van der Waals surface area contributed by atoms with Crippen LogP contribution in [-0.2, 0) is 17.8 Å². The molecule has 4 rings (SSSR count). The molecular weight excluding hydrogens is 366 g/mol. The van der Waals surface area contributed by atoms with E-state index in [9.17, 15) is 4.79 Å². The lowest BCUT2D eigenvalue weighted by molar-refractivity contribution is -0.136. The fourth-order valence-electron chi connectivity index (χ4n) is 4.18. The maximum Gasteiger partial charge on any atom is 0.229 e. The second kappa shape index (κ2) is 8.82. The minimum atomic E-state index is -0.125. The second-order valence-electron chi connectivity index (χ2n) is 7.91. The van der Waals surface area contributed by atoms with Crippen molar-refractivity contribution in [1.29, 1.82) is 0 Å². The maximum atomic E-state index is 13.2. The molecule has 1 atom stereocenters. The molecule has 0 bridgehead atoms. The molecule has 1 fully saturated rings. The molecule has 0 unspecified atom stereocenters. The van der Waals surface area contributed by atoms with Crippen LogP contribution >= 0.6 is 0 Å². The number of hydrogen-bond acceptors (Lipinski definition) is 5.